The number of hydrogen-bond donors (Lipinski definition) is 4. The molecular formula is C26H30N2O12. The second kappa shape index (κ2) is 15.8. The van der Waals surface area contributed by atoms with Gasteiger partial charge in [-0.05, 0) is 36.4 Å². The molecule has 2 amide bonds. The first kappa shape index (κ1) is 30.0. The van der Waals surface area contributed by atoms with Gasteiger partial charge in [-0.2, -0.15) is 0 Å². The Morgan fingerprint density at radius 2 is 0.900 bits per heavy atom. The number of carboxylic acids is 2. The summed E-state index contributed by atoms with van der Waals surface area (Å²) < 4.78 is 34.1. The predicted molar refractivity (Wildman–Crippen MR) is 136 cm³/mol. The van der Waals surface area contributed by atoms with Gasteiger partial charge in [-0.3, -0.25) is 19.2 Å². The second-order valence-electron chi connectivity index (χ2n) is 8.09. The number of carbonyl (C=O) groups excluding carboxylic acids is 2. The molecule has 2 aromatic rings. The van der Waals surface area contributed by atoms with E-state index in [0.29, 0.717) is 11.5 Å². The number of benzene rings is 2. The molecule has 216 valence electrons. The van der Waals surface area contributed by atoms with Gasteiger partial charge in [0.2, 0.25) is 0 Å². The van der Waals surface area contributed by atoms with E-state index < -0.39 is 36.8 Å². The van der Waals surface area contributed by atoms with Crippen LogP contribution in [-0.2, 0) is 19.1 Å². The fourth-order valence-electron chi connectivity index (χ4n) is 3.32. The molecule has 0 radical (unpaired) electrons. The summed E-state index contributed by atoms with van der Waals surface area (Å²) in [5, 5.41) is 22.1. The Balaban J connectivity index is 1.63. The lowest BCUT2D eigenvalue weighted by atomic mass is 10.2. The molecule has 4 N–H and O–H groups in total. The minimum Gasteiger partial charge on any atom is -0.487 e. The van der Waals surface area contributed by atoms with E-state index in [2.05, 4.69) is 10.6 Å². The van der Waals surface area contributed by atoms with E-state index in [0.717, 1.165) is 0 Å². The maximum atomic E-state index is 12.2. The quantitative estimate of drug-likeness (QED) is 0.384. The maximum Gasteiger partial charge on any atom is 0.322 e. The van der Waals surface area contributed by atoms with Crippen LogP contribution in [0.4, 0.5) is 0 Å². The molecule has 0 atom stereocenters. The topological polar surface area (TPSA) is 188 Å². The summed E-state index contributed by atoms with van der Waals surface area (Å²) in [6.07, 6.45) is 0. The van der Waals surface area contributed by atoms with Crippen molar-refractivity contribution in [3.8, 4) is 23.0 Å². The largest absolute Gasteiger partial charge is 0.487 e. The molecule has 0 bridgehead atoms. The van der Waals surface area contributed by atoms with Crippen molar-refractivity contribution in [2.75, 3.05) is 65.9 Å². The summed E-state index contributed by atoms with van der Waals surface area (Å²) in [7, 11) is 0. The molecule has 2 aromatic carbocycles. The Morgan fingerprint density at radius 1 is 0.550 bits per heavy atom. The number of amides is 2. The second-order valence-corrected chi connectivity index (χ2v) is 8.09. The van der Waals surface area contributed by atoms with Gasteiger partial charge >= 0.3 is 11.9 Å². The van der Waals surface area contributed by atoms with Crippen molar-refractivity contribution in [3.05, 3.63) is 47.5 Å². The van der Waals surface area contributed by atoms with Crippen LogP contribution in [0.2, 0.25) is 0 Å². The van der Waals surface area contributed by atoms with Crippen molar-refractivity contribution < 1.29 is 57.8 Å². The van der Waals surface area contributed by atoms with Gasteiger partial charge < -0.3 is 49.3 Å². The van der Waals surface area contributed by atoms with Gasteiger partial charge in [0, 0.05) is 11.1 Å². The number of nitrogens with one attached hydrogen (secondary N) is 2. The molecule has 1 aliphatic heterocycles. The zero-order chi connectivity index (χ0) is 28.7. The standard InChI is InChI=1S/C26H30N2O12/c29-23(30)15-27-25(33)17-1-3-19-21(13-17)39-11-7-36-8-12-40-22-14-18(26(34)28-16-24(31)32)2-4-20(22)38-10-6-35-5-9-37-19/h1-4,13-14H,5-12,15-16H2,(H,27,33)(H,28,34)(H,29,30)(H,31,32). The van der Waals surface area contributed by atoms with Gasteiger partial charge in [0.25, 0.3) is 11.8 Å². The third-order valence-electron chi connectivity index (χ3n) is 5.15. The molecule has 40 heavy (non-hydrogen) atoms. The summed E-state index contributed by atoms with van der Waals surface area (Å²) in [5.41, 5.74) is 0.395. The number of fused-ring (bicyclic) bond motifs is 2. The summed E-state index contributed by atoms with van der Waals surface area (Å²) >= 11 is 0. The molecule has 1 heterocycles. The number of carbonyl (C=O) groups is 4. The molecule has 0 aromatic heterocycles. The number of carboxylic acid groups (broad SMARTS) is 2. The Kier molecular flexibility index (Phi) is 11.8. The first-order valence-electron chi connectivity index (χ1n) is 12.3. The van der Waals surface area contributed by atoms with Crippen molar-refractivity contribution in [3.63, 3.8) is 0 Å². The van der Waals surface area contributed by atoms with Crippen LogP contribution in [0.1, 0.15) is 20.7 Å². The first-order chi connectivity index (χ1) is 19.3. The van der Waals surface area contributed by atoms with Crippen molar-refractivity contribution in [1.29, 1.82) is 0 Å². The van der Waals surface area contributed by atoms with Gasteiger partial charge in [-0.1, -0.05) is 0 Å². The van der Waals surface area contributed by atoms with Gasteiger partial charge in [-0.15, -0.1) is 0 Å². The van der Waals surface area contributed by atoms with Gasteiger partial charge in [0.1, 0.15) is 39.5 Å². The van der Waals surface area contributed by atoms with Crippen LogP contribution in [0.3, 0.4) is 0 Å². The van der Waals surface area contributed by atoms with E-state index in [1.807, 2.05) is 0 Å². The molecule has 14 heteroatoms. The Hall–Kier alpha value is -4.56. The van der Waals surface area contributed by atoms with E-state index in [1.165, 1.54) is 24.3 Å². The molecule has 0 saturated heterocycles. The fourth-order valence-corrected chi connectivity index (χ4v) is 3.32. The molecular weight excluding hydrogens is 532 g/mol. The molecule has 0 spiro atoms. The first-order valence-corrected chi connectivity index (χ1v) is 12.3. The van der Waals surface area contributed by atoms with Crippen LogP contribution < -0.4 is 29.6 Å². The minimum atomic E-state index is -1.17. The highest BCUT2D eigenvalue weighted by Gasteiger charge is 2.15. The highest BCUT2D eigenvalue weighted by atomic mass is 16.6. The van der Waals surface area contributed by atoms with Crippen molar-refractivity contribution >= 4 is 23.8 Å². The van der Waals surface area contributed by atoms with Gasteiger partial charge in [0.15, 0.2) is 23.0 Å². The van der Waals surface area contributed by atoms with E-state index in [-0.39, 0.29) is 75.5 Å². The van der Waals surface area contributed by atoms with Crippen LogP contribution in [-0.4, -0.2) is 99.9 Å². The zero-order valence-corrected chi connectivity index (χ0v) is 21.5. The highest BCUT2D eigenvalue weighted by Crippen LogP contribution is 2.30. The average Bonchev–Trinajstić information content (AvgIpc) is 2.93. The molecule has 0 saturated carbocycles. The molecule has 0 unspecified atom stereocenters. The number of aliphatic carboxylic acids is 2. The minimum absolute atomic E-state index is 0.112. The molecule has 0 aliphatic carbocycles. The average molecular weight is 563 g/mol. The molecule has 1 aliphatic rings. The lowest BCUT2D eigenvalue weighted by Crippen LogP contribution is -2.29. The zero-order valence-electron chi connectivity index (χ0n) is 21.5. The number of rotatable bonds is 6. The van der Waals surface area contributed by atoms with Crippen molar-refractivity contribution in [1.82, 2.24) is 10.6 Å². The predicted octanol–water partition coefficient (Wildman–Crippen LogP) is 0.578. The van der Waals surface area contributed by atoms with Crippen LogP contribution in [0.5, 0.6) is 23.0 Å². The summed E-state index contributed by atoms with van der Waals surface area (Å²) in [5.74, 6) is -2.19. The van der Waals surface area contributed by atoms with Crippen molar-refractivity contribution in [2.24, 2.45) is 0 Å². The lowest BCUT2D eigenvalue weighted by molar-refractivity contribution is -0.136. The van der Waals surface area contributed by atoms with Crippen LogP contribution in [0.25, 0.3) is 0 Å². The number of hydrogen-bond acceptors (Lipinski definition) is 10. The smallest absolute Gasteiger partial charge is 0.322 e. The normalized spacial score (nSPS) is 14.6. The fraction of sp³-hybridized carbons (Fsp3) is 0.385. The molecule has 3 rings (SSSR count). The Morgan fingerprint density at radius 3 is 1.25 bits per heavy atom. The lowest BCUT2D eigenvalue weighted by Gasteiger charge is -2.16. The Bertz CT molecular complexity index is 1100. The van der Waals surface area contributed by atoms with Crippen LogP contribution in [0, 0.1) is 0 Å². The monoisotopic (exact) mass is 562 g/mol. The van der Waals surface area contributed by atoms with E-state index in [4.69, 9.17) is 38.6 Å². The van der Waals surface area contributed by atoms with E-state index in [1.54, 1.807) is 12.1 Å². The Labute approximate surface area is 229 Å². The van der Waals surface area contributed by atoms with Crippen molar-refractivity contribution in [2.45, 2.75) is 0 Å². The summed E-state index contributed by atoms with van der Waals surface area (Å²) in [6, 6.07) is 8.98. The third kappa shape index (κ3) is 9.96. The molecule has 14 nitrogen and oxygen atoms in total. The van der Waals surface area contributed by atoms with Crippen LogP contribution >= 0.6 is 0 Å². The highest BCUT2D eigenvalue weighted by molar-refractivity contribution is 5.97. The molecule has 0 fully saturated rings. The number of ether oxygens (including phenoxy) is 6. The maximum absolute atomic E-state index is 12.2. The summed E-state index contributed by atoms with van der Waals surface area (Å²) in [4.78, 5) is 46.0. The van der Waals surface area contributed by atoms with Gasteiger partial charge in [0.05, 0.1) is 26.4 Å². The van der Waals surface area contributed by atoms with E-state index >= 15 is 0 Å². The van der Waals surface area contributed by atoms with Gasteiger partial charge in [-0.25, -0.2) is 0 Å². The summed E-state index contributed by atoms with van der Waals surface area (Å²) in [6.45, 7) is 0.309. The third-order valence-corrected chi connectivity index (χ3v) is 5.15. The van der Waals surface area contributed by atoms with E-state index in [9.17, 15) is 19.2 Å². The SMILES string of the molecule is O=C(O)CNC(=O)c1ccc2c(c1)OCCOCCOc1cc(C(=O)NCC(=O)O)ccc1OCCOCCO2. The van der Waals surface area contributed by atoms with Crippen LogP contribution in [0.15, 0.2) is 36.4 Å².